The molecule has 0 saturated heterocycles. The molecule has 2 N–H and O–H groups in total. The number of nitrogens with zero attached hydrogens (tertiary/aromatic N) is 1. The van der Waals surface area contributed by atoms with Crippen molar-refractivity contribution in [2.24, 2.45) is 10.9 Å². The number of benzene rings is 1. The third kappa shape index (κ3) is 9.07. The Hall–Kier alpha value is -1.02. The lowest BCUT2D eigenvalue weighted by atomic mass is 10.1. The highest BCUT2D eigenvalue weighted by Gasteiger charge is 2.22. The molecule has 26 heavy (non-hydrogen) atoms. The smallest absolute Gasteiger partial charge is 0.191 e. The lowest BCUT2D eigenvalue weighted by Gasteiger charge is -2.15. The van der Waals surface area contributed by atoms with E-state index in [2.05, 4.69) is 40.7 Å². The van der Waals surface area contributed by atoms with Gasteiger partial charge in [-0.25, -0.2) is 0 Å². The van der Waals surface area contributed by atoms with E-state index in [9.17, 15) is 0 Å². The fourth-order valence-corrected chi connectivity index (χ4v) is 2.59. The van der Waals surface area contributed by atoms with Gasteiger partial charge in [0.05, 0.1) is 6.61 Å². The second kappa shape index (κ2) is 13.2. The third-order valence-electron chi connectivity index (χ3n) is 4.38. The second-order valence-electron chi connectivity index (χ2n) is 6.77. The summed E-state index contributed by atoms with van der Waals surface area (Å²) in [6.07, 6.45) is 6.00. The average Bonchev–Trinajstić information content (AvgIpc) is 3.44. The number of methoxy groups -OCH3 is 1. The van der Waals surface area contributed by atoms with Crippen LogP contribution >= 0.6 is 24.0 Å². The van der Waals surface area contributed by atoms with Crippen molar-refractivity contribution in [3.05, 3.63) is 29.3 Å². The van der Waals surface area contributed by atoms with Gasteiger partial charge in [-0.05, 0) is 56.6 Å². The van der Waals surface area contributed by atoms with Gasteiger partial charge < -0.3 is 20.1 Å². The SMILES string of the molecule is CN=C(NCCCCCOC)NCc1ccc(C)cc1OCC1CC1.I. The van der Waals surface area contributed by atoms with E-state index < -0.39 is 0 Å². The first-order valence-corrected chi connectivity index (χ1v) is 9.38. The molecule has 1 aromatic rings. The number of ether oxygens (including phenoxy) is 2. The number of guanidine groups is 1. The summed E-state index contributed by atoms with van der Waals surface area (Å²) in [5, 5.41) is 6.75. The van der Waals surface area contributed by atoms with Gasteiger partial charge in [0, 0.05) is 39.4 Å². The van der Waals surface area contributed by atoms with E-state index in [1.807, 2.05) is 0 Å². The molecule has 0 bridgehead atoms. The zero-order chi connectivity index (χ0) is 17.9. The summed E-state index contributed by atoms with van der Waals surface area (Å²) in [4.78, 5) is 4.30. The van der Waals surface area contributed by atoms with E-state index in [1.165, 1.54) is 24.0 Å². The van der Waals surface area contributed by atoms with Crippen LogP contribution < -0.4 is 15.4 Å². The van der Waals surface area contributed by atoms with E-state index in [4.69, 9.17) is 9.47 Å². The van der Waals surface area contributed by atoms with Crippen molar-refractivity contribution in [3.63, 3.8) is 0 Å². The summed E-state index contributed by atoms with van der Waals surface area (Å²) in [6, 6.07) is 6.40. The summed E-state index contributed by atoms with van der Waals surface area (Å²) >= 11 is 0. The predicted molar refractivity (Wildman–Crippen MR) is 119 cm³/mol. The number of hydrogen-bond donors (Lipinski definition) is 2. The topological polar surface area (TPSA) is 54.9 Å². The van der Waals surface area contributed by atoms with Crippen LogP contribution in [0.4, 0.5) is 0 Å². The highest BCUT2D eigenvalue weighted by Crippen LogP contribution is 2.30. The van der Waals surface area contributed by atoms with Gasteiger partial charge in [0.15, 0.2) is 5.96 Å². The maximum atomic E-state index is 6.03. The van der Waals surface area contributed by atoms with Crippen LogP contribution in [0.5, 0.6) is 5.75 Å². The van der Waals surface area contributed by atoms with Crippen molar-refractivity contribution in [1.29, 1.82) is 0 Å². The molecule has 6 heteroatoms. The predicted octanol–water partition coefficient (Wildman–Crippen LogP) is 3.88. The molecule has 2 rings (SSSR count). The summed E-state index contributed by atoms with van der Waals surface area (Å²) in [6.45, 7) is 5.41. The van der Waals surface area contributed by atoms with Gasteiger partial charge in [0.25, 0.3) is 0 Å². The molecule has 0 aromatic heterocycles. The van der Waals surface area contributed by atoms with Crippen molar-refractivity contribution in [2.45, 2.75) is 45.6 Å². The Balaban J connectivity index is 0.00000338. The molecule has 1 aliphatic rings. The van der Waals surface area contributed by atoms with E-state index in [0.29, 0.717) is 6.54 Å². The fourth-order valence-electron chi connectivity index (χ4n) is 2.59. The largest absolute Gasteiger partial charge is 0.493 e. The van der Waals surface area contributed by atoms with Crippen LogP contribution in [0.25, 0.3) is 0 Å². The van der Waals surface area contributed by atoms with Crippen LogP contribution in [0.3, 0.4) is 0 Å². The molecule has 1 fully saturated rings. The van der Waals surface area contributed by atoms with Gasteiger partial charge in [0.1, 0.15) is 5.75 Å². The Morgan fingerprint density at radius 2 is 2.00 bits per heavy atom. The number of aliphatic imine (C=N–C) groups is 1. The third-order valence-corrected chi connectivity index (χ3v) is 4.38. The van der Waals surface area contributed by atoms with Crippen LogP contribution in [0.1, 0.15) is 43.2 Å². The number of unbranched alkanes of at least 4 members (excludes halogenated alkanes) is 2. The highest BCUT2D eigenvalue weighted by atomic mass is 127. The van der Waals surface area contributed by atoms with Gasteiger partial charge >= 0.3 is 0 Å². The molecular formula is C20H34IN3O2. The lowest BCUT2D eigenvalue weighted by Crippen LogP contribution is -2.37. The van der Waals surface area contributed by atoms with Gasteiger partial charge in [0.2, 0.25) is 0 Å². The van der Waals surface area contributed by atoms with Gasteiger partial charge in [-0.2, -0.15) is 0 Å². The zero-order valence-corrected chi connectivity index (χ0v) is 18.7. The van der Waals surface area contributed by atoms with E-state index in [-0.39, 0.29) is 24.0 Å². The standard InChI is InChI=1S/C20H33N3O2.HI/c1-16-7-10-18(19(13-16)25-15-17-8-9-17)14-23-20(21-2)22-11-5-4-6-12-24-3;/h7,10,13,17H,4-6,8-9,11-12,14-15H2,1-3H3,(H2,21,22,23);1H. The Kier molecular flexibility index (Phi) is 11.7. The molecule has 0 spiro atoms. The minimum atomic E-state index is 0. The van der Waals surface area contributed by atoms with Crippen LogP contribution in [-0.2, 0) is 11.3 Å². The van der Waals surface area contributed by atoms with Crippen LogP contribution in [0.15, 0.2) is 23.2 Å². The molecule has 5 nitrogen and oxygen atoms in total. The second-order valence-corrected chi connectivity index (χ2v) is 6.77. The first-order chi connectivity index (χ1) is 12.2. The van der Waals surface area contributed by atoms with E-state index in [1.54, 1.807) is 14.2 Å². The first kappa shape index (κ1) is 23.0. The van der Waals surface area contributed by atoms with E-state index >= 15 is 0 Å². The van der Waals surface area contributed by atoms with Crippen molar-refractivity contribution in [3.8, 4) is 5.75 Å². The quantitative estimate of drug-likeness (QED) is 0.221. The molecule has 0 aliphatic heterocycles. The number of aryl methyl sites for hydroxylation is 1. The van der Waals surface area contributed by atoms with Crippen LogP contribution in [0.2, 0.25) is 0 Å². The minimum Gasteiger partial charge on any atom is -0.493 e. The van der Waals surface area contributed by atoms with Crippen molar-refractivity contribution >= 4 is 29.9 Å². The Morgan fingerprint density at radius 3 is 2.69 bits per heavy atom. The molecule has 0 amide bonds. The zero-order valence-electron chi connectivity index (χ0n) is 16.3. The summed E-state index contributed by atoms with van der Waals surface area (Å²) in [5.74, 6) is 2.59. The molecule has 1 saturated carbocycles. The number of halogens is 1. The van der Waals surface area contributed by atoms with Crippen LogP contribution in [0, 0.1) is 12.8 Å². The van der Waals surface area contributed by atoms with Crippen molar-refractivity contribution in [2.75, 3.05) is 33.9 Å². The van der Waals surface area contributed by atoms with Gasteiger partial charge in [-0.3, -0.25) is 4.99 Å². The molecule has 0 unspecified atom stereocenters. The minimum absolute atomic E-state index is 0. The molecule has 148 valence electrons. The molecular weight excluding hydrogens is 441 g/mol. The maximum absolute atomic E-state index is 6.03. The van der Waals surface area contributed by atoms with E-state index in [0.717, 1.165) is 56.6 Å². The van der Waals surface area contributed by atoms with Gasteiger partial charge in [-0.1, -0.05) is 12.1 Å². The molecule has 0 heterocycles. The molecule has 1 aromatic carbocycles. The summed E-state index contributed by atoms with van der Waals surface area (Å²) in [7, 11) is 3.55. The number of rotatable bonds is 11. The number of nitrogens with one attached hydrogen (secondary N) is 2. The Labute approximate surface area is 175 Å². The molecule has 0 atom stereocenters. The Morgan fingerprint density at radius 1 is 1.19 bits per heavy atom. The first-order valence-electron chi connectivity index (χ1n) is 9.38. The molecule has 0 radical (unpaired) electrons. The van der Waals surface area contributed by atoms with Crippen molar-refractivity contribution < 1.29 is 9.47 Å². The van der Waals surface area contributed by atoms with Crippen LogP contribution in [-0.4, -0.2) is 39.9 Å². The lowest BCUT2D eigenvalue weighted by molar-refractivity contribution is 0.192. The highest BCUT2D eigenvalue weighted by molar-refractivity contribution is 14.0. The fraction of sp³-hybridized carbons (Fsp3) is 0.650. The normalized spacial score (nSPS) is 13.9. The Bertz CT molecular complexity index is 548. The summed E-state index contributed by atoms with van der Waals surface area (Å²) in [5.41, 5.74) is 2.41. The average molecular weight is 475 g/mol. The molecule has 1 aliphatic carbocycles. The van der Waals surface area contributed by atoms with Crippen molar-refractivity contribution in [1.82, 2.24) is 10.6 Å². The van der Waals surface area contributed by atoms with Gasteiger partial charge in [-0.15, -0.1) is 24.0 Å². The number of hydrogen-bond acceptors (Lipinski definition) is 3. The maximum Gasteiger partial charge on any atom is 0.191 e. The monoisotopic (exact) mass is 475 g/mol. The summed E-state index contributed by atoms with van der Waals surface area (Å²) < 4.78 is 11.1.